The van der Waals surface area contributed by atoms with E-state index in [0.29, 0.717) is 0 Å². The molecule has 0 aliphatic rings. The fourth-order valence-corrected chi connectivity index (χ4v) is 2.43. The molecule has 0 radical (unpaired) electrons. The van der Waals surface area contributed by atoms with Crippen LogP contribution in [0.5, 0.6) is 5.75 Å². The molecule has 0 amide bonds. The lowest BCUT2D eigenvalue weighted by Crippen LogP contribution is -2.00. The molecule has 1 aromatic rings. The van der Waals surface area contributed by atoms with E-state index < -0.39 is 0 Å². The molecule has 0 saturated heterocycles. The average molecular weight is 443 g/mol. The normalized spacial score (nSPS) is 11.6. The molecule has 0 unspecified atom stereocenters. The zero-order valence-electron chi connectivity index (χ0n) is 10.6. The Morgan fingerprint density at radius 2 is 1.56 bits per heavy atom. The molecule has 1 rings (SSSR count). The van der Waals surface area contributed by atoms with E-state index in [9.17, 15) is 0 Å². The highest BCUT2D eigenvalue weighted by Gasteiger charge is 2.20. The molecule has 102 valence electrons. The van der Waals surface area contributed by atoms with Crippen LogP contribution >= 0.6 is 47.8 Å². The number of halogens is 3. The number of rotatable bonds is 7. The monoisotopic (exact) mass is 440 g/mol. The van der Waals surface area contributed by atoms with E-state index in [-0.39, 0.29) is 2.14 Å². The molecule has 0 heterocycles. The SMILES string of the molecule is CCCCCCCOc1ccc(C(Br)(Br)Br)cc1. The highest BCUT2D eigenvalue weighted by atomic mass is 80.0. The summed E-state index contributed by atoms with van der Waals surface area (Å²) in [6.07, 6.45) is 6.34. The molecule has 0 bridgehead atoms. The molecule has 0 fully saturated rings. The molecular weight excluding hydrogens is 424 g/mol. The largest absolute Gasteiger partial charge is 0.494 e. The Bertz CT molecular complexity index is 330. The van der Waals surface area contributed by atoms with Crippen molar-refractivity contribution in [2.75, 3.05) is 6.61 Å². The highest BCUT2D eigenvalue weighted by Crippen LogP contribution is 2.44. The third-order valence-electron chi connectivity index (χ3n) is 2.70. The van der Waals surface area contributed by atoms with Crippen molar-refractivity contribution >= 4 is 47.8 Å². The number of unbranched alkanes of at least 4 members (excludes halogenated alkanes) is 4. The lowest BCUT2D eigenvalue weighted by atomic mass is 10.2. The molecule has 4 heteroatoms. The van der Waals surface area contributed by atoms with Crippen molar-refractivity contribution in [3.8, 4) is 5.75 Å². The standard InChI is InChI=1S/C14H19Br3O/c1-2-3-4-5-6-11-18-13-9-7-12(8-10-13)14(15,16)17/h7-10H,2-6,11H2,1H3. The van der Waals surface area contributed by atoms with E-state index in [1.165, 1.54) is 25.7 Å². The van der Waals surface area contributed by atoms with Gasteiger partial charge in [-0.15, -0.1) is 0 Å². The van der Waals surface area contributed by atoms with Crippen molar-refractivity contribution in [2.45, 2.75) is 41.2 Å². The molecule has 0 N–H and O–H groups in total. The maximum absolute atomic E-state index is 5.71. The summed E-state index contributed by atoms with van der Waals surface area (Å²) in [6, 6.07) is 8.06. The first-order valence-corrected chi connectivity index (χ1v) is 8.72. The maximum Gasteiger partial charge on any atom is 0.159 e. The van der Waals surface area contributed by atoms with Gasteiger partial charge in [-0.25, -0.2) is 0 Å². The first kappa shape index (κ1) is 16.5. The second-order valence-electron chi connectivity index (χ2n) is 4.28. The predicted octanol–water partition coefficient (Wildman–Crippen LogP) is 6.33. The van der Waals surface area contributed by atoms with Crippen molar-refractivity contribution < 1.29 is 4.74 Å². The number of hydrogen-bond donors (Lipinski definition) is 0. The summed E-state index contributed by atoms with van der Waals surface area (Å²) in [5, 5.41) is 0. The van der Waals surface area contributed by atoms with E-state index in [1.807, 2.05) is 24.3 Å². The average Bonchev–Trinajstić information content (AvgIpc) is 2.33. The van der Waals surface area contributed by atoms with Crippen molar-refractivity contribution in [3.63, 3.8) is 0 Å². The van der Waals surface area contributed by atoms with Crippen molar-refractivity contribution in [3.05, 3.63) is 29.8 Å². The van der Waals surface area contributed by atoms with Gasteiger partial charge < -0.3 is 4.74 Å². The van der Waals surface area contributed by atoms with Crippen LogP contribution < -0.4 is 4.74 Å². The lowest BCUT2D eigenvalue weighted by Gasteiger charge is -2.13. The van der Waals surface area contributed by atoms with Gasteiger partial charge in [0.2, 0.25) is 0 Å². The summed E-state index contributed by atoms with van der Waals surface area (Å²) in [5.41, 5.74) is 1.11. The first-order valence-electron chi connectivity index (χ1n) is 6.34. The van der Waals surface area contributed by atoms with Gasteiger partial charge >= 0.3 is 0 Å². The molecule has 1 nitrogen and oxygen atoms in total. The predicted molar refractivity (Wildman–Crippen MR) is 89.2 cm³/mol. The van der Waals surface area contributed by atoms with Gasteiger partial charge in [-0.3, -0.25) is 0 Å². The van der Waals surface area contributed by atoms with Crippen LogP contribution in [0.1, 0.15) is 44.6 Å². The summed E-state index contributed by atoms with van der Waals surface area (Å²) < 4.78 is 5.37. The van der Waals surface area contributed by atoms with Crippen molar-refractivity contribution in [1.29, 1.82) is 0 Å². The van der Waals surface area contributed by atoms with E-state index in [4.69, 9.17) is 4.74 Å². The lowest BCUT2D eigenvalue weighted by molar-refractivity contribution is 0.304. The second kappa shape index (κ2) is 8.60. The van der Waals surface area contributed by atoms with Crippen LogP contribution in [-0.2, 0) is 2.14 Å². The van der Waals surface area contributed by atoms with Gasteiger partial charge in [0.25, 0.3) is 0 Å². The van der Waals surface area contributed by atoms with E-state index >= 15 is 0 Å². The molecule has 18 heavy (non-hydrogen) atoms. The second-order valence-corrected chi connectivity index (χ2v) is 11.0. The van der Waals surface area contributed by atoms with Crippen LogP contribution in [0.25, 0.3) is 0 Å². The van der Waals surface area contributed by atoms with E-state index in [2.05, 4.69) is 54.7 Å². The van der Waals surface area contributed by atoms with Crippen LogP contribution in [0.15, 0.2) is 24.3 Å². The quantitative estimate of drug-likeness (QED) is 0.354. The smallest absolute Gasteiger partial charge is 0.159 e. The van der Waals surface area contributed by atoms with Crippen LogP contribution in [0, 0.1) is 0 Å². The molecule has 0 aliphatic carbocycles. The molecular formula is C14H19Br3O. The van der Waals surface area contributed by atoms with Crippen LogP contribution in [0.4, 0.5) is 0 Å². The summed E-state index contributed by atoms with van der Waals surface area (Å²) in [5.74, 6) is 0.936. The minimum Gasteiger partial charge on any atom is -0.494 e. The fraction of sp³-hybridized carbons (Fsp3) is 0.571. The molecule has 0 saturated carbocycles. The number of hydrogen-bond acceptors (Lipinski definition) is 1. The number of ether oxygens (including phenoxy) is 1. The minimum atomic E-state index is -0.342. The van der Waals surface area contributed by atoms with Gasteiger partial charge in [0, 0.05) is 0 Å². The Morgan fingerprint density at radius 3 is 2.11 bits per heavy atom. The Kier molecular flexibility index (Phi) is 7.89. The third kappa shape index (κ3) is 6.58. The van der Waals surface area contributed by atoms with Gasteiger partial charge in [-0.05, 0) is 24.1 Å². The Balaban J connectivity index is 2.27. The van der Waals surface area contributed by atoms with Gasteiger partial charge in [-0.2, -0.15) is 0 Å². The summed E-state index contributed by atoms with van der Waals surface area (Å²) in [7, 11) is 0. The maximum atomic E-state index is 5.71. The minimum absolute atomic E-state index is 0.342. The van der Waals surface area contributed by atoms with E-state index in [1.54, 1.807) is 0 Å². The molecule has 0 spiro atoms. The molecule has 0 aromatic heterocycles. The van der Waals surface area contributed by atoms with Crippen LogP contribution in [0.2, 0.25) is 0 Å². The summed E-state index contributed by atoms with van der Waals surface area (Å²) in [6.45, 7) is 3.04. The Hall–Kier alpha value is 0.460. The van der Waals surface area contributed by atoms with Crippen molar-refractivity contribution in [1.82, 2.24) is 0 Å². The first-order chi connectivity index (χ1) is 8.54. The van der Waals surface area contributed by atoms with E-state index in [0.717, 1.165) is 24.3 Å². The Morgan fingerprint density at radius 1 is 0.944 bits per heavy atom. The van der Waals surface area contributed by atoms with Gasteiger partial charge in [0.15, 0.2) is 2.14 Å². The van der Waals surface area contributed by atoms with Gasteiger partial charge in [-0.1, -0.05) is 92.5 Å². The summed E-state index contributed by atoms with van der Waals surface area (Å²) in [4.78, 5) is 0. The molecule has 0 aliphatic heterocycles. The molecule has 0 atom stereocenters. The zero-order valence-corrected chi connectivity index (χ0v) is 15.4. The summed E-state index contributed by atoms with van der Waals surface area (Å²) >= 11 is 10.5. The van der Waals surface area contributed by atoms with Crippen LogP contribution in [0.3, 0.4) is 0 Å². The zero-order chi connectivity index (χ0) is 13.4. The van der Waals surface area contributed by atoms with Crippen molar-refractivity contribution in [2.24, 2.45) is 0 Å². The highest BCUT2D eigenvalue weighted by molar-refractivity contribution is 9.38. The topological polar surface area (TPSA) is 9.23 Å². The van der Waals surface area contributed by atoms with Gasteiger partial charge in [0.05, 0.1) is 6.61 Å². The number of alkyl halides is 3. The Labute approximate surface area is 135 Å². The molecule has 1 aromatic carbocycles. The van der Waals surface area contributed by atoms with Gasteiger partial charge in [0.1, 0.15) is 5.75 Å². The third-order valence-corrected chi connectivity index (χ3v) is 4.07. The van der Waals surface area contributed by atoms with Crippen LogP contribution in [-0.4, -0.2) is 6.61 Å². The fourth-order valence-electron chi connectivity index (χ4n) is 1.64. The number of benzene rings is 1.